The maximum atomic E-state index is 13.2. The summed E-state index contributed by atoms with van der Waals surface area (Å²) in [5.41, 5.74) is 1.96. The van der Waals surface area contributed by atoms with Crippen LogP contribution in [0.15, 0.2) is 76.3 Å². The number of halogens is 1. The van der Waals surface area contributed by atoms with E-state index < -0.39 is 0 Å². The molecule has 2 bridgehead atoms. The summed E-state index contributed by atoms with van der Waals surface area (Å²) in [5.74, 6) is 0.684. The van der Waals surface area contributed by atoms with E-state index >= 15 is 0 Å². The van der Waals surface area contributed by atoms with Gasteiger partial charge in [0.2, 0.25) is 0 Å². The highest BCUT2D eigenvalue weighted by Gasteiger charge is 2.73. The molecule has 3 fully saturated rings. The zero-order valence-corrected chi connectivity index (χ0v) is 22.6. The molecule has 3 aromatic rings. The molecule has 7 rings (SSSR count). The third-order valence-corrected chi connectivity index (χ3v) is 9.32. The largest absolute Gasteiger partial charge is 0.490 e. The average molecular weight is 571 g/mol. The number of carbonyl (C=O) groups is 2. The molecule has 6 nitrogen and oxygen atoms in total. The molecule has 38 heavy (non-hydrogen) atoms. The Morgan fingerprint density at radius 1 is 1.00 bits per heavy atom. The van der Waals surface area contributed by atoms with Gasteiger partial charge in [-0.15, -0.1) is 0 Å². The fraction of sp³-hybridized carbons (Fsp3) is 0.323. The van der Waals surface area contributed by atoms with Gasteiger partial charge in [-0.05, 0) is 87.0 Å². The molecule has 2 amide bonds. The summed E-state index contributed by atoms with van der Waals surface area (Å²) in [6, 6.07) is 18.1. The van der Waals surface area contributed by atoms with Crippen LogP contribution in [-0.4, -0.2) is 29.6 Å². The highest BCUT2D eigenvalue weighted by Crippen LogP contribution is 2.73. The van der Waals surface area contributed by atoms with E-state index in [0.717, 1.165) is 34.2 Å². The van der Waals surface area contributed by atoms with Gasteiger partial charge >= 0.3 is 0 Å². The summed E-state index contributed by atoms with van der Waals surface area (Å²) in [4.78, 5) is 26.5. The number of amides is 2. The van der Waals surface area contributed by atoms with Gasteiger partial charge in [0, 0.05) is 0 Å². The minimum absolute atomic E-state index is 0.168. The van der Waals surface area contributed by atoms with Crippen LogP contribution in [0.1, 0.15) is 30.9 Å². The third-order valence-electron chi connectivity index (χ3n) is 8.74. The van der Waals surface area contributed by atoms with Crippen molar-refractivity contribution in [3.63, 3.8) is 0 Å². The molecule has 0 radical (unpaired) electrons. The maximum Gasteiger partial charge on any atom is 0.254 e. The predicted octanol–water partition coefficient (Wildman–Crippen LogP) is 6.11. The molecule has 0 unspecified atom stereocenters. The van der Waals surface area contributed by atoms with E-state index in [9.17, 15) is 9.59 Å². The maximum absolute atomic E-state index is 13.2. The van der Waals surface area contributed by atoms with Crippen LogP contribution in [0.25, 0.3) is 10.8 Å². The molecular weight excluding hydrogens is 544 g/mol. The summed E-state index contributed by atoms with van der Waals surface area (Å²) in [6.45, 7) is 2.75. The van der Waals surface area contributed by atoms with Crippen molar-refractivity contribution in [2.75, 3.05) is 6.61 Å². The quantitative estimate of drug-likeness (QED) is 0.195. The standard InChI is InChI=1S/C31H27BrN2O4/c1-2-37-25-15-18(14-24(32)28(25)38-17-20-8-5-7-19-6-3-4-9-21(19)20)16-33-34-29(35)26-22-10-11-23(27(26)30(34)36)31(22)12-13-31/h3-11,14-16,22-23,26-27H,2,12-13,17H2,1H3/b33-16-/t22-,23-,26-,27+/m1/s1. The van der Waals surface area contributed by atoms with E-state index in [2.05, 4.69) is 57.4 Å². The number of fused-ring (bicyclic) bond motifs is 4. The molecule has 3 aromatic carbocycles. The highest BCUT2D eigenvalue weighted by atomic mass is 79.9. The predicted molar refractivity (Wildman–Crippen MR) is 148 cm³/mol. The second-order valence-electron chi connectivity index (χ2n) is 10.6. The Balaban J connectivity index is 1.12. The molecule has 7 heteroatoms. The molecule has 1 aliphatic heterocycles. The van der Waals surface area contributed by atoms with Gasteiger partial charge in [0.05, 0.1) is 29.1 Å². The number of allylic oxidation sites excluding steroid dienone is 2. The Bertz CT molecular complexity index is 1500. The Morgan fingerprint density at radius 2 is 1.71 bits per heavy atom. The molecule has 0 N–H and O–H groups in total. The van der Waals surface area contributed by atoms with Crippen LogP contribution >= 0.6 is 15.9 Å². The van der Waals surface area contributed by atoms with Crippen LogP contribution < -0.4 is 9.47 Å². The van der Waals surface area contributed by atoms with Gasteiger partial charge in [0.1, 0.15) is 6.61 Å². The lowest BCUT2D eigenvalue weighted by molar-refractivity contribution is -0.141. The lowest BCUT2D eigenvalue weighted by atomic mass is 9.85. The van der Waals surface area contributed by atoms with Crippen molar-refractivity contribution in [1.29, 1.82) is 0 Å². The van der Waals surface area contributed by atoms with Crippen molar-refractivity contribution in [3.05, 3.63) is 82.3 Å². The molecule has 0 aromatic heterocycles. The van der Waals surface area contributed by atoms with E-state index in [-0.39, 0.29) is 40.9 Å². The first kappa shape index (κ1) is 23.7. The number of rotatable bonds is 7. The molecular formula is C31H27BrN2O4. The number of hydrazone groups is 1. The van der Waals surface area contributed by atoms with Crippen LogP contribution in [0.4, 0.5) is 0 Å². The zero-order chi connectivity index (χ0) is 26.0. The third kappa shape index (κ3) is 3.48. The minimum atomic E-state index is -0.257. The van der Waals surface area contributed by atoms with E-state index in [4.69, 9.17) is 9.47 Å². The lowest BCUT2D eigenvalue weighted by Crippen LogP contribution is -2.30. The number of ether oxygens (including phenoxy) is 2. The highest BCUT2D eigenvalue weighted by molar-refractivity contribution is 9.10. The smallest absolute Gasteiger partial charge is 0.254 e. The van der Waals surface area contributed by atoms with Gasteiger partial charge in [0.25, 0.3) is 11.8 Å². The number of hydrogen-bond donors (Lipinski definition) is 0. The number of benzene rings is 3. The van der Waals surface area contributed by atoms with Crippen LogP contribution in [0, 0.1) is 29.1 Å². The first-order valence-electron chi connectivity index (χ1n) is 13.2. The molecule has 2 saturated carbocycles. The topological polar surface area (TPSA) is 68.2 Å². The van der Waals surface area contributed by atoms with Gasteiger partial charge in [-0.2, -0.15) is 10.1 Å². The Morgan fingerprint density at radius 3 is 2.42 bits per heavy atom. The van der Waals surface area contributed by atoms with Crippen molar-refractivity contribution in [2.24, 2.45) is 34.2 Å². The second kappa shape index (κ2) is 8.80. The molecule has 4 atom stereocenters. The van der Waals surface area contributed by atoms with E-state index in [0.29, 0.717) is 34.7 Å². The number of imide groups is 1. The SMILES string of the molecule is CCOc1cc(/C=N\N2C(=O)[C@@H]3[C@H](C2=O)[C@H]2C=C[C@H]3C23CC3)cc(Br)c1OCc1cccc2ccccc12. The summed E-state index contributed by atoms with van der Waals surface area (Å²) in [7, 11) is 0. The molecule has 1 saturated heterocycles. The monoisotopic (exact) mass is 570 g/mol. The van der Waals surface area contributed by atoms with Gasteiger partial charge in [-0.1, -0.05) is 54.6 Å². The minimum Gasteiger partial charge on any atom is -0.490 e. The molecule has 1 spiro atoms. The van der Waals surface area contributed by atoms with Crippen molar-refractivity contribution < 1.29 is 19.1 Å². The van der Waals surface area contributed by atoms with E-state index in [1.54, 1.807) is 6.21 Å². The van der Waals surface area contributed by atoms with Crippen LogP contribution in [0.3, 0.4) is 0 Å². The summed E-state index contributed by atoms with van der Waals surface area (Å²) >= 11 is 3.63. The van der Waals surface area contributed by atoms with Crippen LogP contribution in [0.5, 0.6) is 11.5 Å². The molecule has 4 aliphatic rings. The normalized spacial score (nSPS) is 26.2. The second-order valence-corrected chi connectivity index (χ2v) is 11.5. The number of hydrogen-bond acceptors (Lipinski definition) is 5. The van der Waals surface area contributed by atoms with Crippen LogP contribution in [-0.2, 0) is 16.2 Å². The number of carbonyl (C=O) groups excluding carboxylic acids is 2. The first-order valence-corrected chi connectivity index (χ1v) is 14.0. The van der Waals surface area contributed by atoms with Crippen molar-refractivity contribution in [2.45, 2.75) is 26.4 Å². The first-order chi connectivity index (χ1) is 18.5. The van der Waals surface area contributed by atoms with E-state index in [1.807, 2.05) is 37.3 Å². The van der Waals surface area contributed by atoms with Gasteiger partial charge in [-0.3, -0.25) is 9.59 Å². The molecule has 1 heterocycles. The molecule has 3 aliphatic carbocycles. The van der Waals surface area contributed by atoms with E-state index in [1.165, 1.54) is 0 Å². The zero-order valence-electron chi connectivity index (χ0n) is 21.0. The van der Waals surface area contributed by atoms with Gasteiger partial charge in [-0.25, -0.2) is 0 Å². The van der Waals surface area contributed by atoms with Crippen molar-refractivity contribution >= 4 is 44.7 Å². The lowest BCUT2D eigenvalue weighted by Gasteiger charge is -2.18. The number of nitrogens with zero attached hydrogens (tertiary/aromatic N) is 2. The van der Waals surface area contributed by atoms with Gasteiger partial charge < -0.3 is 9.47 Å². The Labute approximate surface area is 229 Å². The van der Waals surface area contributed by atoms with Crippen molar-refractivity contribution in [3.8, 4) is 11.5 Å². The average Bonchev–Trinajstić information content (AvgIpc) is 3.52. The summed E-state index contributed by atoms with van der Waals surface area (Å²) in [6.07, 6.45) is 8.13. The molecule has 192 valence electrons. The fourth-order valence-corrected chi connectivity index (χ4v) is 7.51. The van der Waals surface area contributed by atoms with Crippen LogP contribution in [0.2, 0.25) is 0 Å². The Kier molecular flexibility index (Phi) is 5.48. The van der Waals surface area contributed by atoms with Gasteiger partial charge in [0.15, 0.2) is 11.5 Å². The summed E-state index contributed by atoms with van der Waals surface area (Å²) < 4.78 is 12.9. The summed E-state index contributed by atoms with van der Waals surface area (Å²) in [5, 5.41) is 7.77. The van der Waals surface area contributed by atoms with Crippen molar-refractivity contribution in [1.82, 2.24) is 5.01 Å². The Hall–Kier alpha value is -3.45. The fourth-order valence-electron chi connectivity index (χ4n) is 6.93.